The first kappa shape index (κ1) is 9.25. The van der Waals surface area contributed by atoms with Crippen LogP contribution in [0.5, 0.6) is 0 Å². The summed E-state index contributed by atoms with van der Waals surface area (Å²) >= 11 is 11.4. The highest BCUT2D eigenvalue weighted by Crippen LogP contribution is 2.38. The minimum Gasteiger partial charge on any atom is -0.390 e. The van der Waals surface area contributed by atoms with Crippen molar-refractivity contribution in [1.29, 1.82) is 0 Å². The van der Waals surface area contributed by atoms with Crippen LogP contribution in [0.3, 0.4) is 0 Å². The van der Waals surface area contributed by atoms with Crippen LogP contribution in [0.15, 0.2) is 12.3 Å². The maximum atomic E-state index is 9.64. The van der Waals surface area contributed by atoms with E-state index in [-0.39, 0.29) is 0 Å². The maximum Gasteiger partial charge on any atom is 0.147 e. The highest BCUT2D eigenvalue weighted by Gasteiger charge is 2.40. The van der Waals surface area contributed by atoms with Gasteiger partial charge in [0.1, 0.15) is 5.15 Å². The van der Waals surface area contributed by atoms with Crippen LogP contribution >= 0.6 is 23.2 Å². The summed E-state index contributed by atoms with van der Waals surface area (Å²) in [6, 6.07) is 1.76. The third-order valence-corrected chi connectivity index (χ3v) is 2.90. The molecule has 0 bridgehead atoms. The lowest BCUT2D eigenvalue weighted by molar-refractivity contribution is 0.151. The zero-order valence-electron chi connectivity index (χ0n) is 6.93. The summed E-state index contributed by atoms with van der Waals surface area (Å²) in [7, 11) is 0. The lowest BCUT2D eigenvalue weighted by Crippen LogP contribution is -2.10. The highest BCUT2D eigenvalue weighted by atomic mass is 35.5. The second kappa shape index (κ2) is 3.12. The molecule has 1 aromatic heterocycles. The van der Waals surface area contributed by atoms with E-state index >= 15 is 0 Å². The molecule has 70 valence electrons. The Morgan fingerprint density at radius 1 is 1.46 bits per heavy atom. The Morgan fingerprint density at radius 3 is 2.69 bits per heavy atom. The Labute approximate surface area is 86.5 Å². The fourth-order valence-electron chi connectivity index (χ4n) is 1.26. The normalized spacial score (nSPS) is 18.7. The van der Waals surface area contributed by atoms with E-state index in [4.69, 9.17) is 23.2 Å². The molecule has 4 heteroatoms. The zero-order chi connectivity index (χ0) is 9.47. The number of hydrogen-bond donors (Lipinski definition) is 1. The zero-order valence-corrected chi connectivity index (χ0v) is 8.44. The summed E-state index contributed by atoms with van der Waals surface area (Å²) in [6.07, 6.45) is 4.02. The van der Waals surface area contributed by atoms with Gasteiger partial charge >= 0.3 is 0 Å². The summed E-state index contributed by atoms with van der Waals surface area (Å²) in [5.74, 6) is 0. The molecule has 0 saturated heterocycles. The SMILES string of the molecule is OC1(Cc2cnc(Cl)c(Cl)c2)CC1. The predicted octanol–water partition coefficient (Wildman–Crippen LogP) is 2.46. The number of hydrogen-bond acceptors (Lipinski definition) is 2. The van der Waals surface area contributed by atoms with E-state index in [2.05, 4.69) is 4.98 Å². The highest BCUT2D eigenvalue weighted by molar-refractivity contribution is 6.41. The van der Waals surface area contributed by atoms with Crippen LogP contribution < -0.4 is 0 Å². The van der Waals surface area contributed by atoms with Gasteiger partial charge in [-0.25, -0.2) is 4.98 Å². The summed E-state index contributed by atoms with van der Waals surface area (Å²) < 4.78 is 0. The van der Waals surface area contributed by atoms with Crippen molar-refractivity contribution in [3.8, 4) is 0 Å². The average molecular weight is 218 g/mol. The molecule has 0 radical (unpaired) electrons. The van der Waals surface area contributed by atoms with E-state index in [0.29, 0.717) is 16.6 Å². The van der Waals surface area contributed by atoms with Gasteiger partial charge in [-0.2, -0.15) is 0 Å². The number of halogens is 2. The first-order valence-corrected chi connectivity index (χ1v) is 4.87. The largest absolute Gasteiger partial charge is 0.390 e. The summed E-state index contributed by atoms with van der Waals surface area (Å²) in [6.45, 7) is 0. The Kier molecular flexibility index (Phi) is 2.22. The first-order chi connectivity index (χ1) is 6.09. The Hall–Kier alpha value is -0.310. The molecule has 13 heavy (non-hydrogen) atoms. The Bertz CT molecular complexity index is 336. The van der Waals surface area contributed by atoms with Crippen LogP contribution in [0.2, 0.25) is 10.2 Å². The van der Waals surface area contributed by atoms with E-state index in [1.165, 1.54) is 0 Å². The number of nitrogens with zero attached hydrogens (tertiary/aromatic N) is 1. The number of aliphatic hydroxyl groups is 1. The van der Waals surface area contributed by atoms with Crippen LogP contribution in [0.4, 0.5) is 0 Å². The van der Waals surface area contributed by atoms with Gasteiger partial charge < -0.3 is 5.11 Å². The van der Waals surface area contributed by atoms with E-state index in [1.54, 1.807) is 12.3 Å². The molecule has 1 saturated carbocycles. The van der Waals surface area contributed by atoms with Crippen molar-refractivity contribution in [3.05, 3.63) is 28.0 Å². The topological polar surface area (TPSA) is 33.1 Å². The van der Waals surface area contributed by atoms with Crippen molar-refractivity contribution in [2.24, 2.45) is 0 Å². The molecule has 0 spiro atoms. The molecule has 0 aromatic carbocycles. The molecule has 1 aliphatic carbocycles. The van der Waals surface area contributed by atoms with Gasteiger partial charge in [-0.3, -0.25) is 0 Å². The van der Waals surface area contributed by atoms with Gasteiger partial charge in [0.2, 0.25) is 0 Å². The van der Waals surface area contributed by atoms with Crippen molar-refractivity contribution in [3.63, 3.8) is 0 Å². The molecule has 2 nitrogen and oxygen atoms in total. The molecule has 0 atom stereocenters. The van der Waals surface area contributed by atoms with E-state index in [0.717, 1.165) is 18.4 Å². The quantitative estimate of drug-likeness (QED) is 0.773. The molecule has 0 aliphatic heterocycles. The predicted molar refractivity (Wildman–Crippen MR) is 52.1 cm³/mol. The van der Waals surface area contributed by atoms with Crippen LogP contribution in [0.25, 0.3) is 0 Å². The molecule has 1 aromatic rings. The van der Waals surface area contributed by atoms with Crippen LogP contribution in [0.1, 0.15) is 18.4 Å². The Morgan fingerprint density at radius 2 is 2.15 bits per heavy atom. The second-order valence-corrected chi connectivity index (χ2v) is 4.28. The van der Waals surface area contributed by atoms with Crippen molar-refractivity contribution < 1.29 is 5.11 Å². The summed E-state index contributed by atoms with van der Waals surface area (Å²) in [5, 5.41) is 10.4. The molecule has 0 unspecified atom stereocenters. The monoisotopic (exact) mass is 217 g/mol. The fraction of sp³-hybridized carbons (Fsp3) is 0.444. The van der Waals surface area contributed by atoms with Crippen molar-refractivity contribution in [2.45, 2.75) is 24.9 Å². The van der Waals surface area contributed by atoms with Gasteiger partial charge in [0.15, 0.2) is 0 Å². The van der Waals surface area contributed by atoms with Crippen molar-refractivity contribution in [1.82, 2.24) is 4.98 Å². The smallest absolute Gasteiger partial charge is 0.147 e. The molecule has 1 N–H and O–H groups in total. The minimum absolute atomic E-state index is 0.313. The Balaban J connectivity index is 2.17. The molecule has 1 fully saturated rings. The number of pyridine rings is 1. The van der Waals surface area contributed by atoms with Gasteiger partial charge in [-0.15, -0.1) is 0 Å². The van der Waals surface area contributed by atoms with Crippen LogP contribution in [-0.4, -0.2) is 15.7 Å². The molecule has 0 amide bonds. The summed E-state index contributed by atoms with van der Waals surface area (Å²) in [4.78, 5) is 3.91. The third-order valence-electron chi connectivity index (χ3n) is 2.21. The molecule has 1 aliphatic rings. The second-order valence-electron chi connectivity index (χ2n) is 3.52. The summed E-state index contributed by atoms with van der Waals surface area (Å²) in [5.41, 5.74) is 0.438. The molecular formula is C9H9Cl2NO. The lowest BCUT2D eigenvalue weighted by Gasteiger charge is -2.07. The van der Waals surface area contributed by atoms with E-state index in [1.807, 2.05) is 0 Å². The average Bonchev–Trinajstić information content (AvgIpc) is 2.76. The van der Waals surface area contributed by atoms with Gasteiger partial charge in [0.25, 0.3) is 0 Å². The minimum atomic E-state index is -0.501. The standard InChI is InChI=1S/C9H9Cl2NO/c10-7-3-6(5-12-8(7)11)4-9(13)1-2-9/h3,5,13H,1-2,4H2. The van der Waals surface area contributed by atoms with E-state index < -0.39 is 5.60 Å². The first-order valence-electron chi connectivity index (χ1n) is 4.11. The van der Waals surface area contributed by atoms with Crippen LogP contribution in [-0.2, 0) is 6.42 Å². The van der Waals surface area contributed by atoms with Gasteiger partial charge in [-0.1, -0.05) is 23.2 Å². The van der Waals surface area contributed by atoms with E-state index in [9.17, 15) is 5.11 Å². The molecule has 2 rings (SSSR count). The fourth-order valence-corrected chi connectivity index (χ4v) is 1.55. The number of aromatic nitrogens is 1. The molecule has 1 heterocycles. The van der Waals surface area contributed by atoms with Gasteiger partial charge in [-0.05, 0) is 24.5 Å². The van der Waals surface area contributed by atoms with Gasteiger partial charge in [0.05, 0.1) is 10.6 Å². The lowest BCUT2D eigenvalue weighted by atomic mass is 10.1. The maximum absolute atomic E-state index is 9.64. The number of rotatable bonds is 2. The van der Waals surface area contributed by atoms with Crippen molar-refractivity contribution in [2.75, 3.05) is 0 Å². The van der Waals surface area contributed by atoms with Gasteiger partial charge in [0, 0.05) is 12.6 Å². The van der Waals surface area contributed by atoms with Crippen LogP contribution in [0, 0.1) is 0 Å². The molecular weight excluding hydrogens is 209 g/mol. The third kappa shape index (κ3) is 2.13. The van der Waals surface area contributed by atoms with Crippen molar-refractivity contribution >= 4 is 23.2 Å².